The molecule has 2 aromatic heterocycles. The van der Waals surface area contributed by atoms with Crippen molar-refractivity contribution in [1.29, 1.82) is 0 Å². The average Bonchev–Trinajstić information content (AvgIpc) is 2.56. The standard InChI is InChI=1S/C12H14ClFN4/c1-7-10(12(13)18(2)17-7)4-11(15)8-3-9(14)6-16-5-8/h3,5-6,11H,4,15H2,1-2H3. The number of pyridine rings is 1. The monoisotopic (exact) mass is 268 g/mol. The minimum absolute atomic E-state index is 0.353. The molecule has 0 spiro atoms. The molecule has 18 heavy (non-hydrogen) atoms. The Labute approximate surface area is 110 Å². The van der Waals surface area contributed by atoms with Crippen LogP contribution in [0, 0.1) is 12.7 Å². The first-order valence-electron chi connectivity index (χ1n) is 5.53. The van der Waals surface area contributed by atoms with Crippen molar-refractivity contribution in [3.8, 4) is 0 Å². The van der Waals surface area contributed by atoms with E-state index in [9.17, 15) is 4.39 Å². The normalized spacial score (nSPS) is 12.7. The topological polar surface area (TPSA) is 56.7 Å². The van der Waals surface area contributed by atoms with Crippen LogP contribution in [0.1, 0.15) is 22.9 Å². The molecule has 2 aromatic rings. The van der Waals surface area contributed by atoms with Gasteiger partial charge in [0.25, 0.3) is 0 Å². The van der Waals surface area contributed by atoms with Gasteiger partial charge in [0.1, 0.15) is 11.0 Å². The Hall–Kier alpha value is -1.46. The smallest absolute Gasteiger partial charge is 0.141 e. The summed E-state index contributed by atoms with van der Waals surface area (Å²) in [5, 5.41) is 4.78. The van der Waals surface area contributed by atoms with Gasteiger partial charge in [0.2, 0.25) is 0 Å². The summed E-state index contributed by atoms with van der Waals surface area (Å²) in [4.78, 5) is 3.79. The van der Waals surface area contributed by atoms with Crippen molar-refractivity contribution in [3.05, 3.63) is 46.3 Å². The van der Waals surface area contributed by atoms with Crippen molar-refractivity contribution in [2.24, 2.45) is 12.8 Å². The van der Waals surface area contributed by atoms with Gasteiger partial charge in [-0.1, -0.05) is 11.6 Å². The molecule has 1 atom stereocenters. The van der Waals surface area contributed by atoms with Gasteiger partial charge in [0.05, 0.1) is 11.9 Å². The highest BCUT2D eigenvalue weighted by Gasteiger charge is 2.16. The summed E-state index contributed by atoms with van der Waals surface area (Å²) in [7, 11) is 1.77. The number of aryl methyl sites for hydroxylation is 2. The van der Waals surface area contributed by atoms with Crippen molar-refractivity contribution >= 4 is 11.6 Å². The van der Waals surface area contributed by atoms with Crippen LogP contribution in [0.3, 0.4) is 0 Å². The Morgan fingerprint density at radius 3 is 2.78 bits per heavy atom. The molecule has 0 bridgehead atoms. The lowest BCUT2D eigenvalue weighted by Crippen LogP contribution is -2.14. The molecule has 2 rings (SSSR count). The molecule has 0 aliphatic rings. The van der Waals surface area contributed by atoms with Crippen LogP contribution < -0.4 is 5.73 Å². The van der Waals surface area contributed by atoms with Gasteiger partial charge < -0.3 is 5.73 Å². The summed E-state index contributed by atoms with van der Waals surface area (Å²) in [6, 6.07) is 1.03. The van der Waals surface area contributed by atoms with Crippen LogP contribution in [0.4, 0.5) is 4.39 Å². The fraction of sp³-hybridized carbons (Fsp3) is 0.333. The quantitative estimate of drug-likeness (QED) is 0.928. The maximum atomic E-state index is 13.1. The zero-order valence-corrected chi connectivity index (χ0v) is 10.9. The van der Waals surface area contributed by atoms with Gasteiger partial charge in [-0.25, -0.2) is 4.39 Å². The number of nitrogens with two attached hydrogens (primary N) is 1. The van der Waals surface area contributed by atoms with Crippen LogP contribution in [-0.4, -0.2) is 14.8 Å². The van der Waals surface area contributed by atoms with Gasteiger partial charge in [0.15, 0.2) is 0 Å². The van der Waals surface area contributed by atoms with Crippen LogP contribution in [0.25, 0.3) is 0 Å². The molecule has 0 saturated carbocycles. The second-order valence-corrected chi connectivity index (χ2v) is 4.58. The van der Waals surface area contributed by atoms with Crippen LogP contribution in [-0.2, 0) is 13.5 Å². The first kappa shape index (κ1) is 13.0. The second-order valence-electron chi connectivity index (χ2n) is 4.23. The van der Waals surface area contributed by atoms with Gasteiger partial charge in [0, 0.05) is 24.8 Å². The van der Waals surface area contributed by atoms with E-state index in [1.54, 1.807) is 17.9 Å². The molecular weight excluding hydrogens is 255 g/mol. The molecule has 0 fully saturated rings. The average molecular weight is 269 g/mol. The largest absolute Gasteiger partial charge is 0.324 e. The van der Waals surface area contributed by atoms with E-state index in [2.05, 4.69) is 10.1 Å². The lowest BCUT2D eigenvalue weighted by atomic mass is 10.0. The lowest BCUT2D eigenvalue weighted by Gasteiger charge is -2.11. The minimum Gasteiger partial charge on any atom is -0.324 e. The maximum Gasteiger partial charge on any atom is 0.141 e. The molecule has 1 unspecified atom stereocenters. The third kappa shape index (κ3) is 2.52. The summed E-state index contributed by atoms with van der Waals surface area (Å²) < 4.78 is 14.7. The third-order valence-electron chi connectivity index (χ3n) is 2.85. The van der Waals surface area contributed by atoms with E-state index in [0.29, 0.717) is 17.1 Å². The number of nitrogens with zero attached hydrogens (tertiary/aromatic N) is 3. The van der Waals surface area contributed by atoms with Gasteiger partial charge in [-0.3, -0.25) is 9.67 Å². The van der Waals surface area contributed by atoms with E-state index >= 15 is 0 Å². The number of hydrogen-bond acceptors (Lipinski definition) is 3. The molecule has 0 radical (unpaired) electrons. The summed E-state index contributed by atoms with van der Waals surface area (Å²) in [5.74, 6) is -0.392. The molecule has 6 heteroatoms. The van der Waals surface area contributed by atoms with Crippen molar-refractivity contribution in [1.82, 2.24) is 14.8 Å². The summed E-state index contributed by atoms with van der Waals surface area (Å²) in [6.07, 6.45) is 3.22. The number of hydrogen-bond donors (Lipinski definition) is 1. The molecule has 0 aliphatic heterocycles. The molecule has 96 valence electrons. The molecule has 4 nitrogen and oxygen atoms in total. The van der Waals surface area contributed by atoms with E-state index in [1.807, 2.05) is 6.92 Å². The predicted octanol–water partition coefficient (Wildman–Crippen LogP) is 2.16. The summed E-state index contributed by atoms with van der Waals surface area (Å²) in [5.41, 5.74) is 8.41. The summed E-state index contributed by atoms with van der Waals surface area (Å²) in [6.45, 7) is 1.87. The lowest BCUT2D eigenvalue weighted by molar-refractivity contribution is 0.610. The van der Waals surface area contributed by atoms with E-state index < -0.39 is 5.82 Å². The Bertz CT molecular complexity index is 567. The van der Waals surface area contributed by atoms with Gasteiger partial charge in [-0.2, -0.15) is 5.10 Å². The summed E-state index contributed by atoms with van der Waals surface area (Å²) >= 11 is 6.13. The van der Waals surface area contributed by atoms with Gasteiger partial charge in [-0.05, 0) is 25.0 Å². The predicted molar refractivity (Wildman–Crippen MR) is 67.8 cm³/mol. The Kier molecular flexibility index (Phi) is 3.63. The van der Waals surface area contributed by atoms with E-state index in [0.717, 1.165) is 17.5 Å². The number of halogens is 2. The van der Waals surface area contributed by atoms with Crippen LogP contribution in [0.15, 0.2) is 18.5 Å². The SMILES string of the molecule is Cc1nn(C)c(Cl)c1CC(N)c1cncc(F)c1. The number of aromatic nitrogens is 3. The molecule has 0 aromatic carbocycles. The highest BCUT2D eigenvalue weighted by atomic mass is 35.5. The van der Waals surface area contributed by atoms with Crippen LogP contribution in [0.5, 0.6) is 0 Å². The fourth-order valence-corrected chi connectivity index (χ4v) is 2.13. The maximum absolute atomic E-state index is 13.1. The van der Waals surface area contributed by atoms with Crippen molar-refractivity contribution in [3.63, 3.8) is 0 Å². The third-order valence-corrected chi connectivity index (χ3v) is 3.32. The van der Waals surface area contributed by atoms with Crippen LogP contribution >= 0.6 is 11.6 Å². The van der Waals surface area contributed by atoms with Crippen molar-refractivity contribution < 1.29 is 4.39 Å². The Morgan fingerprint density at radius 2 is 2.22 bits per heavy atom. The van der Waals surface area contributed by atoms with Gasteiger partial charge >= 0.3 is 0 Å². The first-order chi connectivity index (χ1) is 8.49. The number of rotatable bonds is 3. The molecule has 2 heterocycles. The molecule has 0 aliphatic carbocycles. The highest BCUT2D eigenvalue weighted by Crippen LogP contribution is 2.24. The molecule has 2 N–H and O–H groups in total. The molecule has 0 amide bonds. The molecular formula is C12H14ClFN4. The van der Waals surface area contributed by atoms with Crippen molar-refractivity contribution in [2.45, 2.75) is 19.4 Å². The zero-order valence-electron chi connectivity index (χ0n) is 10.2. The fourth-order valence-electron chi connectivity index (χ4n) is 1.87. The minimum atomic E-state index is -0.392. The Morgan fingerprint density at radius 1 is 1.50 bits per heavy atom. The zero-order chi connectivity index (χ0) is 13.3. The van der Waals surface area contributed by atoms with E-state index in [-0.39, 0.29) is 6.04 Å². The van der Waals surface area contributed by atoms with E-state index in [4.69, 9.17) is 17.3 Å². The molecule has 0 saturated heterocycles. The second kappa shape index (κ2) is 5.04. The van der Waals surface area contributed by atoms with E-state index in [1.165, 1.54) is 6.07 Å². The van der Waals surface area contributed by atoms with Crippen LogP contribution in [0.2, 0.25) is 5.15 Å². The van der Waals surface area contributed by atoms with Crippen molar-refractivity contribution in [2.75, 3.05) is 0 Å². The van der Waals surface area contributed by atoms with Gasteiger partial charge in [-0.15, -0.1) is 0 Å². The highest BCUT2D eigenvalue weighted by molar-refractivity contribution is 6.30. The Balaban J connectivity index is 2.24. The first-order valence-corrected chi connectivity index (χ1v) is 5.91.